The van der Waals surface area contributed by atoms with Gasteiger partial charge in [0.15, 0.2) is 0 Å². The smallest absolute Gasteiger partial charge is 0.406 e. The molecule has 0 aliphatic heterocycles. The van der Waals surface area contributed by atoms with Crippen molar-refractivity contribution in [2.75, 3.05) is 4.31 Å². The number of ether oxygens (including phenoxy) is 1. The number of aromatic nitrogens is 1. The minimum atomic E-state index is -4.81. The zero-order valence-corrected chi connectivity index (χ0v) is 20.2. The highest BCUT2D eigenvalue weighted by Gasteiger charge is 2.33. The molecular formula is C27H23F3N2O3S. The molecule has 0 saturated heterocycles. The number of rotatable bonds is 7. The van der Waals surface area contributed by atoms with E-state index in [1.54, 1.807) is 18.2 Å². The highest BCUT2D eigenvalue weighted by Crippen LogP contribution is 2.44. The maximum Gasteiger partial charge on any atom is 0.573 e. The van der Waals surface area contributed by atoms with Crippen LogP contribution >= 0.6 is 0 Å². The second-order valence-electron chi connectivity index (χ2n) is 8.78. The van der Waals surface area contributed by atoms with Crippen LogP contribution in [0.5, 0.6) is 5.75 Å². The Labute approximate surface area is 207 Å². The zero-order valence-electron chi connectivity index (χ0n) is 19.4. The second kappa shape index (κ2) is 9.13. The van der Waals surface area contributed by atoms with E-state index in [0.717, 1.165) is 29.3 Å². The lowest BCUT2D eigenvalue weighted by molar-refractivity contribution is -0.274. The van der Waals surface area contributed by atoms with Crippen molar-refractivity contribution in [1.82, 2.24) is 4.98 Å². The predicted octanol–water partition coefficient (Wildman–Crippen LogP) is 6.71. The maximum absolute atomic E-state index is 13.9. The summed E-state index contributed by atoms with van der Waals surface area (Å²) < 4.78 is 70.7. The number of hydrogen-bond donors (Lipinski definition) is 0. The van der Waals surface area contributed by atoms with Gasteiger partial charge in [0.2, 0.25) is 0 Å². The monoisotopic (exact) mass is 512 g/mol. The molecule has 5 rings (SSSR count). The molecule has 186 valence electrons. The van der Waals surface area contributed by atoms with Gasteiger partial charge in [-0.1, -0.05) is 54.6 Å². The predicted molar refractivity (Wildman–Crippen MR) is 131 cm³/mol. The van der Waals surface area contributed by atoms with Gasteiger partial charge in [-0.05, 0) is 55.0 Å². The Balaban J connectivity index is 1.63. The number of anilines is 1. The van der Waals surface area contributed by atoms with Crippen molar-refractivity contribution in [3.8, 4) is 5.75 Å². The Morgan fingerprint density at radius 2 is 1.53 bits per heavy atom. The second-order valence-corrected chi connectivity index (χ2v) is 10.6. The number of hydrogen-bond acceptors (Lipinski definition) is 4. The van der Waals surface area contributed by atoms with Crippen LogP contribution in [0.15, 0.2) is 83.8 Å². The number of sulfonamides is 1. The van der Waals surface area contributed by atoms with E-state index in [1.165, 1.54) is 40.7 Å². The molecule has 5 nitrogen and oxygen atoms in total. The summed E-state index contributed by atoms with van der Waals surface area (Å²) in [5.74, 6) is 0.212. The van der Waals surface area contributed by atoms with Gasteiger partial charge in [-0.2, -0.15) is 0 Å². The molecule has 1 aliphatic rings. The number of aryl methyl sites for hydroxylation is 1. The Hall–Kier alpha value is -3.59. The summed E-state index contributed by atoms with van der Waals surface area (Å²) in [5, 5.41) is 1.93. The molecule has 9 heteroatoms. The average Bonchev–Trinajstić information content (AvgIpc) is 3.69. The van der Waals surface area contributed by atoms with Crippen molar-refractivity contribution in [3.05, 3.63) is 95.7 Å². The van der Waals surface area contributed by atoms with Gasteiger partial charge in [0.1, 0.15) is 11.6 Å². The van der Waals surface area contributed by atoms with Crippen molar-refractivity contribution in [1.29, 1.82) is 0 Å². The van der Waals surface area contributed by atoms with Crippen LogP contribution in [0.4, 0.5) is 19.0 Å². The average molecular weight is 513 g/mol. The molecule has 0 spiro atoms. The van der Waals surface area contributed by atoms with Crippen LogP contribution < -0.4 is 9.04 Å². The normalized spacial score (nSPS) is 14.1. The molecule has 1 saturated carbocycles. The Bertz CT molecular complexity index is 1500. The van der Waals surface area contributed by atoms with Crippen molar-refractivity contribution in [2.45, 2.75) is 43.5 Å². The largest absolute Gasteiger partial charge is 0.573 e. The molecule has 0 bridgehead atoms. The molecule has 1 aromatic heterocycles. The van der Waals surface area contributed by atoms with E-state index in [4.69, 9.17) is 4.98 Å². The van der Waals surface area contributed by atoms with Crippen LogP contribution in [0.1, 0.15) is 35.6 Å². The molecule has 1 aliphatic carbocycles. The van der Waals surface area contributed by atoms with Gasteiger partial charge in [0.25, 0.3) is 10.0 Å². The fraction of sp³-hybridized carbons (Fsp3) is 0.222. The van der Waals surface area contributed by atoms with Gasteiger partial charge in [-0.15, -0.1) is 13.2 Å². The van der Waals surface area contributed by atoms with Crippen LogP contribution in [-0.2, 0) is 16.6 Å². The van der Waals surface area contributed by atoms with Crippen molar-refractivity contribution in [2.24, 2.45) is 0 Å². The van der Waals surface area contributed by atoms with E-state index < -0.39 is 16.4 Å². The van der Waals surface area contributed by atoms with Gasteiger partial charge in [-0.25, -0.2) is 17.7 Å². The number of benzene rings is 3. The lowest BCUT2D eigenvalue weighted by Crippen LogP contribution is -2.32. The maximum atomic E-state index is 13.9. The molecule has 3 aromatic carbocycles. The highest BCUT2D eigenvalue weighted by molar-refractivity contribution is 7.92. The topological polar surface area (TPSA) is 59.5 Å². The van der Waals surface area contributed by atoms with Gasteiger partial charge < -0.3 is 4.74 Å². The third-order valence-corrected chi connectivity index (χ3v) is 7.93. The zero-order chi connectivity index (χ0) is 25.5. The number of alkyl halides is 3. The first kappa shape index (κ1) is 24.1. The minimum absolute atomic E-state index is 0.101. The standard InChI is InChI=1S/C27H23F3N2O3S/c1-18-23-9-5-6-10-24(23)25(20-13-14-20)31-26(18)32(36(33,34)22-7-3-2-4-8-22)17-19-11-15-21(16-12-19)35-27(28,29)30/h2-12,15-16,20H,13-14,17H2,1H3. The van der Waals surface area contributed by atoms with Crippen molar-refractivity contribution >= 4 is 26.6 Å². The number of pyridine rings is 1. The van der Waals surface area contributed by atoms with Gasteiger partial charge in [0.05, 0.1) is 17.1 Å². The summed E-state index contributed by atoms with van der Waals surface area (Å²) in [6.07, 6.45) is -2.83. The number of nitrogens with zero attached hydrogens (tertiary/aromatic N) is 2. The summed E-state index contributed by atoms with van der Waals surface area (Å²) in [6.45, 7) is 1.73. The first-order chi connectivity index (χ1) is 17.1. The molecule has 0 amide bonds. The van der Waals surface area contributed by atoms with Crippen molar-refractivity contribution < 1.29 is 26.3 Å². The molecular weight excluding hydrogens is 489 g/mol. The fourth-order valence-corrected chi connectivity index (χ4v) is 5.76. The summed E-state index contributed by atoms with van der Waals surface area (Å²) in [7, 11) is -4.04. The molecule has 0 atom stereocenters. The number of halogens is 3. The molecule has 0 radical (unpaired) electrons. The van der Waals surface area contributed by atoms with Crippen LogP contribution in [0.2, 0.25) is 0 Å². The molecule has 4 aromatic rings. The SMILES string of the molecule is Cc1c(N(Cc2ccc(OC(F)(F)F)cc2)S(=O)(=O)c2ccccc2)nc(C2CC2)c2ccccc12. The van der Waals surface area contributed by atoms with Crippen LogP contribution in [0, 0.1) is 6.92 Å². The molecule has 0 N–H and O–H groups in total. The van der Waals surface area contributed by atoms with Gasteiger partial charge in [0, 0.05) is 16.9 Å². The summed E-state index contributed by atoms with van der Waals surface area (Å²) in [6, 6.07) is 21.0. The van der Waals surface area contributed by atoms with Crippen LogP contribution in [0.3, 0.4) is 0 Å². The first-order valence-electron chi connectivity index (χ1n) is 11.5. The lowest BCUT2D eigenvalue weighted by atomic mass is 10.0. The van der Waals surface area contributed by atoms with Gasteiger partial charge >= 0.3 is 6.36 Å². The third-order valence-electron chi connectivity index (χ3n) is 6.18. The van der Waals surface area contributed by atoms with E-state index >= 15 is 0 Å². The molecule has 1 heterocycles. The molecule has 1 fully saturated rings. The molecule has 36 heavy (non-hydrogen) atoms. The Morgan fingerprint density at radius 3 is 2.14 bits per heavy atom. The molecule has 0 unspecified atom stereocenters. The first-order valence-corrected chi connectivity index (χ1v) is 12.9. The number of fused-ring (bicyclic) bond motifs is 1. The minimum Gasteiger partial charge on any atom is -0.406 e. The fourth-order valence-electron chi connectivity index (χ4n) is 4.28. The third kappa shape index (κ3) is 4.88. The lowest BCUT2D eigenvalue weighted by Gasteiger charge is -2.27. The summed E-state index contributed by atoms with van der Waals surface area (Å²) >= 11 is 0. The quantitative estimate of drug-likeness (QED) is 0.276. The van der Waals surface area contributed by atoms with E-state index in [0.29, 0.717) is 16.9 Å². The Kier molecular flexibility index (Phi) is 6.12. The van der Waals surface area contributed by atoms with Crippen LogP contribution in [-0.4, -0.2) is 19.8 Å². The summed E-state index contributed by atoms with van der Waals surface area (Å²) in [4.78, 5) is 4.99. The van der Waals surface area contributed by atoms with Crippen molar-refractivity contribution in [3.63, 3.8) is 0 Å². The van der Waals surface area contributed by atoms with Gasteiger partial charge in [-0.3, -0.25) is 0 Å². The van der Waals surface area contributed by atoms with E-state index in [-0.39, 0.29) is 23.1 Å². The van der Waals surface area contributed by atoms with E-state index in [1.807, 2.05) is 31.2 Å². The summed E-state index contributed by atoms with van der Waals surface area (Å²) in [5.41, 5.74) is 2.08. The van der Waals surface area contributed by atoms with E-state index in [2.05, 4.69) is 4.74 Å². The van der Waals surface area contributed by atoms with Crippen LogP contribution in [0.25, 0.3) is 10.8 Å². The highest BCUT2D eigenvalue weighted by atomic mass is 32.2. The van der Waals surface area contributed by atoms with E-state index in [9.17, 15) is 21.6 Å². The Morgan fingerprint density at radius 1 is 0.917 bits per heavy atom.